The molecule has 2 N–H and O–H groups in total. The van der Waals surface area contributed by atoms with Crippen molar-refractivity contribution in [1.29, 1.82) is 0 Å². The minimum atomic E-state index is -0.629. The molecule has 0 unspecified atom stereocenters. The van der Waals surface area contributed by atoms with Crippen LogP contribution in [-0.2, 0) is 4.79 Å². The van der Waals surface area contributed by atoms with Crippen molar-refractivity contribution in [2.45, 2.75) is 4.90 Å². The Morgan fingerprint density at radius 3 is 2.81 bits per heavy atom. The monoisotopic (exact) mass is 257 g/mol. The number of Topliss-reactive ketones (excluding diaryl/α,β-unsaturated/α-hetero) is 1. The smallest absolute Gasteiger partial charge is 0.296 e. The normalized spacial score (nSPS) is 13.9. The fourth-order valence-corrected chi connectivity index (χ4v) is 2.45. The first-order chi connectivity index (χ1) is 7.63. The van der Waals surface area contributed by atoms with Gasteiger partial charge in [0.05, 0.1) is 22.9 Å². The van der Waals surface area contributed by atoms with Gasteiger partial charge >= 0.3 is 0 Å². The Kier molecular flexibility index (Phi) is 3.18. The SMILES string of the molecule is O=C1Nc2cc(SCCO)c(Cl)cc2C1=O. The molecule has 0 radical (unpaired) electrons. The third-order valence-corrected chi connectivity index (χ3v) is 3.58. The summed E-state index contributed by atoms with van der Waals surface area (Å²) in [4.78, 5) is 23.2. The van der Waals surface area contributed by atoms with Crippen LogP contribution in [0.2, 0.25) is 5.02 Å². The summed E-state index contributed by atoms with van der Waals surface area (Å²) in [6.45, 7) is 0.0450. The Morgan fingerprint density at radius 1 is 1.38 bits per heavy atom. The molecule has 1 aliphatic rings. The molecule has 4 nitrogen and oxygen atoms in total. The number of amides is 1. The van der Waals surface area contributed by atoms with Gasteiger partial charge in [-0.15, -0.1) is 11.8 Å². The number of carbonyl (C=O) groups excluding carboxylic acids is 2. The van der Waals surface area contributed by atoms with Crippen LogP contribution in [0.4, 0.5) is 5.69 Å². The van der Waals surface area contributed by atoms with Crippen molar-refractivity contribution in [3.05, 3.63) is 22.7 Å². The predicted octanol–water partition coefficient (Wildman–Crippen LogP) is 1.56. The molecule has 1 amide bonds. The lowest BCUT2D eigenvalue weighted by Crippen LogP contribution is -2.12. The Morgan fingerprint density at radius 2 is 2.12 bits per heavy atom. The van der Waals surface area contributed by atoms with E-state index < -0.39 is 11.7 Å². The molecule has 1 aliphatic heterocycles. The molecule has 0 atom stereocenters. The molecule has 0 aromatic heterocycles. The standard InChI is InChI=1S/C10H8ClNO3S/c11-6-3-5-7(12-10(15)9(5)14)4-8(6)16-2-1-13/h3-4,13H,1-2H2,(H,12,14,15). The van der Waals surface area contributed by atoms with Crippen LogP contribution in [0, 0.1) is 0 Å². The molecule has 2 rings (SSSR count). The first-order valence-corrected chi connectivity index (χ1v) is 5.92. The van der Waals surface area contributed by atoms with E-state index in [1.807, 2.05) is 0 Å². The molecule has 6 heteroatoms. The predicted molar refractivity (Wildman–Crippen MR) is 62.2 cm³/mol. The second-order valence-electron chi connectivity index (χ2n) is 3.18. The van der Waals surface area contributed by atoms with Crippen molar-refractivity contribution in [2.75, 3.05) is 17.7 Å². The number of aliphatic hydroxyl groups is 1. The molecule has 0 bridgehead atoms. The zero-order valence-corrected chi connectivity index (χ0v) is 9.69. The number of aliphatic hydroxyl groups excluding tert-OH is 1. The topological polar surface area (TPSA) is 66.4 Å². The number of hydrogen-bond donors (Lipinski definition) is 2. The third-order valence-electron chi connectivity index (χ3n) is 2.12. The summed E-state index contributed by atoms with van der Waals surface area (Å²) < 4.78 is 0. The maximum atomic E-state index is 11.4. The van der Waals surface area contributed by atoms with E-state index in [-0.39, 0.29) is 6.61 Å². The van der Waals surface area contributed by atoms with Crippen LogP contribution in [0.25, 0.3) is 0 Å². The minimum absolute atomic E-state index is 0.0450. The number of halogens is 1. The summed E-state index contributed by atoms with van der Waals surface area (Å²) >= 11 is 7.33. The number of ketones is 1. The van der Waals surface area contributed by atoms with Gasteiger partial charge in [-0.25, -0.2) is 0 Å². The number of anilines is 1. The third kappa shape index (κ3) is 1.93. The summed E-state index contributed by atoms with van der Waals surface area (Å²) in [6.07, 6.45) is 0. The van der Waals surface area contributed by atoms with Gasteiger partial charge in [-0.1, -0.05) is 11.6 Å². The highest BCUT2D eigenvalue weighted by molar-refractivity contribution is 7.99. The van der Waals surface area contributed by atoms with Gasteiger partial charge < -0.3 is 10.4 Å². The maximum absolute atomic E-state index is 11.4. The first kappa shape index (κ1) is 11.4. The molecule has 0 saturated carbocycles. The van der Waals surface area contributed by atoms with Crippen molar-refractivity contribution in [3.8, 4) is 0 Å². The Bertz CT molecular complexity index is 475. The van der Waals surface area contributed by atoms with Crippen LogP contribution >= 0.6 is 23.4 Å². The lowest BCUT2D eigenvalue weighted by atomic mass is 10.1. The van der Waals surface area contributed by atoms with Crippen LogP contribution in [-0.4, -0.2) is 29.2 Å². The Balaban J connectivity index is 2.36. The van der Waals surface area contributed by atoms with Gasteiger partial charge in [-0.05, 0) is 12.1 Å². The highest BCUT2D eigenvalue weighted by atomic mass is 35.5. The molecule has 1 heterocycles. The Labute approximate surface area is 101 Å². The average Bonchev–Trinajstić information content (AvgIpc) is 2.52. The quantitative estimate of drug-likeness (QED) is 0.637. The first-order valence-electron chi connectivity index (χ1n) is 4.56. The van der Waals surface area contributed by atoms with Crippen molar-refractivity contribution in [3.63, 3.8) is 0 Å². The molecular formula is C10H8ClNO3S. The summed E-state index contributed by atoms with van der Waals surface area (Å²) in [6, 6.07) is 3.14. The molecule has 0 spiro atoms. The van der Waals surface area contributed by atoms with Crippen LogP contribution in [0.3, 0.4) is 0 Å². The van der Waals surface area contributed by atoms with Crippen molar-refractivity contribution in [2.24, 2.45) is 0 Å². The number of benzene rings is 1. The van der Waals surface area contributed by atoms with E-state index in [0.717, 1.165) is 4.90 Å². The number of nitrogens with one attached hydrogen (secondary N) is 1. The fraction of sp³-hybridized carbons (Fsp3) is 0.200. The van der Waals surface area contributed by atoms with Crippen molar-refractivity contribution < 1.29 is 14.7 Å². The Hall–Kier alpha value is -1.04. The highest BCUT2D eigenvalue weighted by Crippen LogP contribution is 2.34. The molecule has 16 heavy (non-hydrogen) atoms. The largest absolute Gasteiger partial charge is 0.396 e. The van der Waals surface area contributed by atoms with Crippen LogP contribution in [0.15, 0.2) is 17.0 Å². The molecule has 1 aromatic rings. The number of fused-ring (bicyclic) bond motifs is 1. The van der Waals surface area contributed by atoms with Gasteiger partial charge in [0.15, 0.2) is 0 Å². The highest BCUT2D eigenvalue weighted by Gasteiger charge is 2.28. The zero-order chi connectivity index (χ0) is 11.7. The van der Waals surface area contributed by atoms with Gasteiger partial charge in [0.2, 0.25) is 0 Å². The van der Waals surface area contributed by atoms with Gasteiger partial charge in [-0.3, -0.25) is 9.59 Å². The molecule has 0 aliphatic carbocycles. The van der Waals surface area contributed by atoms with Crippen molar-refractivity contribution in [1.82, 2.24) is 0 Å². The number of carbonyl (C=O) groups is 2. The summed E-state index contributed by atoms with van der Waals surface area (Å²) in [5, 5.41) is 11.6. The van der Waals surface area contributed by atoms with Gasteiger partial charge in [0, 0.05) is 10.6 Å². The number of thioether (sulfide) groups is 1. The van der Waals surface area contributed by atoms with E-state index in [4.69, 9.17) is 16.7 Å². The minimum Gasteiger partial charge on any atom is -0.396 e. The van der Waals surface area contributed by atoms with Crippen LogP contribution in [0.5, 0.6) is 0 Å². The molecule has 0 fully saturated rings. The lowest BCUT2D eigenvalue weighted by Gasteiger charge is -2.05. The van der Waals surface area contributed by atoms with Crippen LogP contribution < -0.4 is 5.32 Å². The zero-order valence-electron chi connectivity index (χ0n) is 8.12. The lowest BCUT2D eigenvalue weighted by molar-refractivity contribution is -0.112. The van der Waals surface area contributed by atoms with Crippen LogP contribution in [0.1, 0.15) is 10.4 Å². The van der Waals surface area contributed by atoms with E-state index in [9.17, 15) is 9.59 Å². The number of rotatable bonds is 3. The van der Waals surface area contributed by atoms with E-state index in [1.165, 1.54) is 17.8 Å². The van der Waals surface area contributed by atoms with E-state index in [0.29, 0.717) is 22.0 Å². The van der Waals surface area contributed by atoms with Gasteiger partial charge in [0.1, 0.15) is 0 Å². The summed E-state index contributed by atoms with van der Waals surface area (Å²) in [7, 11) is 0. The van der Waals surface area contributed by atoms with E-state index in [2.05, 4.69) is 5.32 Å². The second kappa shape index (κ2) is 4.45. The summed E-state index contributed by atoms with van der Waals surface area (Å²) in [5.41, 5.74) is 0.795. The molecule has 0 saturated heterocycles. The van der Waals surface area contributed by atoms with Gasteiger partial charge in [0.25, 0.3) is 11.7 Å². The molecule has 1 aromatic carbocycles. The summed E-state index contributed by atoms with van der Waals surface area (Å²) in [5.74, 6) is -0.675. The fourth-order valence-electron chi connectivity index (χ4n) is 1.41. The van der Waals surface area contributed by atoms with Crippen molar-refractivity contribution >= 4 is 40.7 Å². The molecular weight excluding hydrogens is 250 g/mol. The second-order valence-corrected chi connectivity index (χ2v) is 4.73. The molecule has 84 valence electrons. The van der Waals surface area contributed by atoms with E-state index in [1.54, 1.807) is 6.07 Å². The average molecular weight is 258 g/mol. The number of hydrogen-bond acceptors (Lipinski definition) is 4. The van der Waals surface area contributed by atoms with Gasteiger partial charge in [-0.2, -0.15) is 0 Å². The van der Waals surface area contributed by atoms with E-state index >= 15 is 0 Å². The maximum Gasteiger partial charge on any atom is 0.296 e.